The van der Waals surface area contributed by atoms with Gasteiger partial charge in [-0.1, -0.05) is 30.3 Å². The van der Waals surface area contributed by atoms with E-state index >= 15 is 0 Å². The fraction of sp³-hybridized carbons (Fsp3) is 0.296. The Kier molecular flexibility index (Phi) is 9.19. The lowest BCUT2D eigenvalue weighted by Gasteiger charge is -2.34. The van der Waals surface area contributed by atoms with E-state index in [0.29, 0.717) is 17.6 Å². The van der Waals surface area contributed by atoms with Crippen LogP contribution in [-0.2, 0) is 20.9 Å². The Hall–Kier alpha value is -4.51. The van der Waals surface area contributed by atoms with E-state index in [0.717, 1.165) is 37.2 Å². The van der Waals surface area contributed by atoms with Gasteiger partial charge in [-0.15, -0.1) is 0 Å². The highest BCUT2D eigenvalue weighted by atomic mass is 16.7. The van der Waals surface area contributed by atoms with E-state index in [9.17, 15) is 14.4 Å². The summed E-state index contributed by atoms with van der Waals surface area (Å²) in [6.45, 7) is 1.69. The van der Waals surface area contributed by atoms with Gasteiger partial charge >= 0.3 is 12.1 Å². The Balaban J connectivity index is 1.17. The minimum absolute atomic E-state index is 0.0245. The number of amides is 1. The van der Waals surface area contributed by atoms with Crippen LogP contribution in [0.15, 0.2) is 73.1 Å². The van der Waals surface area contributed by atoms with E-state index in [1.54, 1.807) is 54.9 Å². The molecule has 4 N–H and O–H groups in total. The van der Waals surface area contributed by atoms with E-state index in [4.69, 9.17) is 10.5 Å². The van der Waals surface area contributed by atoms with Crippen LogP contribution in [0.5, 0.6) is 0 Å². The number of esters is 1. The molecular weight excluding hydrogens is 488 g/mol. The molecule has 2 heterocycles. The van der Waals surface area contributed by atoms with Crippen molar-refractivity contribution in [3.63, 3.8) is 0 Å². The van der Waals surface area contributed by atoms with Crippen LogP contribution < -0.4 is 21.3 Å². The molecule has 0 saturated carbocycles. The minimum atomic E-state index is -1.12. The van der Waals surface area contributed by atoms with Gasteiger partial charge in [0.25, 0.3) is 5.91 Å². The Labute approximate surface area is 220 Å². The third-order valence-electron chi connectivity index (χ3n) is 5.99. The topological polar surface area (TPSA) is 149 Å². The molecule has 1 saturated heterocycles. The molecule has 1 fully saturated rings. The fourth-order valence-corrected chi connectivity index (χ4v) is 4.02. The maximum Gasteiger partial charge on any atom is 0.516 e. The molecule has 1 aliphatic heterocycles. The quantitative estimate of drug-likeness (QED) is 0.219. The molecule has 1 amide bonds. The molecule has 198 valence electrons. The average molecular weight is 519 g/mol. The van der Waals surface area contributed by atoms with Gasteiger partial charge in [-0.05, 0) is 48.7 Å². The number of rotatable bonds is 9. The van der Waals surface area contributed by atoms with Crippen LogP contribution in [0.25, 0.3) is 0 Å². The highest BCUT2D eigenvalue weighted by Crippen LogP contribution is 2.22. The first kappa shape index (κ1) is 26.6. The normalized spacial score (nSPS) is 14.3. The average Bonchev–Trinajstić information content (AvgIpc) is 2.93. The van der Waals surface area contributed by atoms with Crippen molar-refractivity contribution >= 4 is 29.7 Å². The molecule has 0 radical (unpaired) electrons. The van der Waals surface area contributed by atoms with Gasteiger partial charge in [-0.3, -0.25) is 9.59 Å². The zero-order chi connectivity index (χ0) is 26.7. The maximum absolute atomic E-state index is 12.6. The molecule has 1 aliphatic rings. The molecule has 3 aromatic rings. The molecule has 1 atom stereocenters. The summed E-state index contributed by atoms with van der Waals surface area (Å²) in [5.41, 5.74) is 8.03. The third kappa shape index (κ3) is 8.00. The lowest BCUT2D eigenvalue weighted by atomic mass is 10.0. The molecular formula is C27H30N6O5. The number of nitrogens with two attached hydrogens (primary N) is 1. The van der Waals surface area contributed by atoms with Crippen LogP contribution >= 0.6 is 0 Å². The minimum Gasteiger partial charge on any atom is -0.429 e. The van der Waals surface area contributed by atoms with Crippen molar-refractivity contribution in [1.82, 2.24) is 15.3 Å². The van der Waals surface area contributed by atoms with Crippen molar-refractivity contribution in [2.24, 2.45) is 5.73 Å². The summed E-state index contributed by atoms with van der Waals surface area (Å²) >= 11 is 0. The van der Waals surface area contributed by atoms with Crippen molar-refractivity contribution in [2.75, 3.05) is 23.3 Å². The van der Waals surface area contributed by atoms with Gasteiger partial charge in [-0.2, -0.15) is 0 Å². The summed E-state index contributed by atoms with van der Waals surface area (Å²) in [6, 6.07) is 18.2. The molecule has 38 heavy (non-hydrogen) atoms. The van der Waals surface area contributed by atoms with Gasteiger partial charge in [0.05, 0.1) is 12.6 Å². The number of nitrogens with zero attached hydrogens (tertiary/aromatic N) is 3. The standard InChI is InChI=1S/C27H30N6O5/c28-23(17-24(34)38-27(36)37-18-19-5-2-1-3-6-19)32-25(35)20-7-9-22(10-8-20)33-15-11-21(12-16-33)31-26-29-13-4-14-30-26/h1-10,13-14,21,23H,11-12,15-18,28H2,(H,32,35)(H,29,30,31)/t23-/m0/s1. The second kappa shape index (κ2) is 13.2. The Morgan fingerprint density at radius 1 is 0.974 bits per heavy atom. The van der Waals surface area contributed by atoms with Crippen molar-refractivity contribution in [3.8, 4) is 0 Å². The van der Waals surface area contributed by atoms with E-state index in [1.807, 2.05) is 18.2 Å². The van der Waals surface area contributed by atoms with Crippen LogP contribution in [-0.4, -0.2) is 53.3 Å². The van der Waals surface area contributed by atoms with Gasteiger partial charge in [0, 0.05) is 42.8 Å². The van der Waals surface area contributed by atoms with E-state index < -0.39 is 24.2 Å². The van der Waals surface area contributed by atoms with Gasteiger partial charge in [0.2, 0.25) is 5.95 Å². The lowest BCUT2D eigenvalue weighted by molar-refractivity contribution is -0.140. The third-order valence-corrected chi connectivity index (χ3v) is 5.99. The summed E-state index contributed by atoms with van der Waals surface area (Å²) in [6.07, 6.45) is 2.76. The van der Waals surface area contributed by atoms with Gasteiger partial charge < -0.3 is 30.7 Å². The van der Waals surface area contributed by atoms with E-state index in [2.05, 4.69) is 30.2 Å². The highest BCUT2D eigenvalue weighted by Gasteiger charge is 2.21. The van der Waals surface area contributed by atoms with Crippen LogP contribution in [0.4, 0.5) is 16.4 Å². The Morgan fingerprint density at radius 3 is 2.34 bits per heavy atom. The fourth-order valence-electron chi connectivity index (χ4n) is 4.02. The number of carbonyl (C=O) groups excluding carboxylic acids is 3. The molecule has 11 nitrogen and oxygen atoms in total. The molecule has 0 unspecified atom stereocenters. The van der Waals surface area contributed by atoms with Gasteiger partial charge in [0.1, 0.15) is 6.61 Å². The number of benzene rings is 2. The summed E-state index contributed by atoms with van der Waals surface area (Å²) in [4.78, 5) is 46.9. The first-order valence-corrected chi connectivity index (χ1v) is 12.3. The number of carbonyl (C=O) groups is 3. The number of anilines is 2. The molecule has 11 heteroatoms. The highest BCUT2D eigenvalue weighted by molar-refractivity contribution is 5.95. The van der Waals surface area contributed by atoms with Crippen LogP contribution in [0, 0.1) is 0 Å². The number of ether oxygens (including phenoxy) is 2. The predicted molar refractivity (Wildman–Crippen MR) is 140 cm³/mol. The number of hydrogen-bond donors (Lipinski definition) is 3. The monoisotopic (exact) mass is 518 g/mol. The zero-order valence-corrected chi connectivity index (χ0v) is 20.8. The molecule has 0 bridgehead atoms. The number of piperidine rings is 1. The Bertz CT molecular complexity index is 1200. The first-order valence-electron chi connectivity index (χ1n) is 12.3. The maximum atomic E-state index is 12.6. The van der Waals surface area contributed by atoms with E-state index in [1.165, 1.54) is 0 Å². The molecule has 1 aromatic heterocycles. The summed E-state index contributed by atoms with van der Waals surface area (Å²) in [7, 11) is 0. The van der Waals surface area contributed by atoms with Crippen molar-refractivity contribution in [1.29, 1.82) is 0 Å². The summed E-state index contributed by atoms with van der Waals surface area (Å²) < 4.78 is 9.51. The molecule has 4 rings (SSSR count). The molecule has 0 spiro atoms. The first-order chi connectivity index (χ1) is 18.5. The largest absolute Gasteiger partial charge is 0.516 e. The summed E-state index contributed by atoms with van der Waals surface area (Å²) in [5, 5.41) is 5.90. The zero-order valence-electron chi connectivity index (χ0n) is 20.8. The van der Waals surface area contributed by atoms with E-state index in [-0.39, 0.29) is 13.0 Å². The SMILES string of the molecule is N[C@H](CC(=O)OC(=O)OCc1ccccc1)NC(=O)c1ccc(N2CCC(Nc3ncccn3)CC2)cc1. The number of hydrogen-bond acceptors (Lipinski definition) is 10. The Morgan fingerprint density at radius 2 is 1.66 bits per heavy atom. The van der Waals surface area contributed by atoms with Crippen molar-refractivity contribution in [3.05, 3.63) is 84.2 Å². The molecule has 2 aromatic carbocycles. The second-order valence-electron chi connectivity index (χ2n) is 8.81. The van der Waals surface area contributed by atoms with Gasteiger partial charge in [-0.25, -0.2) is 14.8 Å². The smallest absolute Gasteiger partial charge is 0.429 e. The van der Waals surface area contributed by atoms with Crippen LogP contribution in [0.1, 0.15) is 35.2 Å². The second-order valence-corrected chi connectivity index (χ2v) is 8.81. The van der Waals surface area contributed by atoms with Crippen LogP contribution in [0.3, 0.4) is 0 Å². The van der Waals surface area contributed by atoms with Crippen molar-refractivity contribution < 1.29 is 23.9 Å². The molecule has 0 aliphatic carbocycles. The van der Waals surface area contributed by atoms with Crippen LogP contribution in [0.2, 0.25) is 0 Å². The predicted octanol–water partition coefficient (Wildman–Crippen LogP) is 2.84. The summed E-state index contributed by atoms with van der Waals surface area (Å²) in [5.74, 6) is -0.701. The number of aromatic nitrogens is 2. The lowest BCUT2D eigenvalue weighted by Crippen LogP contribution is -2.43. The van der Waals surface area contributed by atoms with Crippen molar-refractivity contribution in [2.45, 2.75) is 38.1 Å². The number of nitrogens with one attached hydrogen (secondary N) is 2. The van der Waals surface area contributed by atoms with Gasteiger partial charge in [0.15, 0.2) is 0 Å².